The van der Waals surface area contributed by atoms with Crippen molar-refractivity contribution in [3.05, 3.63) is 74.9 Å². The number of esters is 1. The van der Waals surface area contributed by atoms with Crippen molar-refractivity contribution >= 4 is 39.0 Å². The number of hydrogen-bond donors (Lipinski definition) is 3. The van der Waals surface area contributed by atoms with E-state index in [4.69, 9.17) is 31.1 Å². The van der Waals surface area contributed by atoms with Crippen molar-refractivity contribution in [1.82, 2.24) is 4.90 Å². The Morgan fingerprint density at radius 3 is 2.55 bits per heavy atom. The van der Waals surface area contributed by atoms with Gasteiger partial charge in [0.25, 0.3) is 10.1 Å². The molecule has 8 nitrogen and oxygen atoms in total. The predicted octanol–water partition coefficient (Wildman–Crippen LogP) is 4.02. The number of benzene rings is 2. The summed E-state index contributed by atoms with van der Waals surface area (Å²) < 4.78 is 34.5. The molecule has 3 N–H and O–H groups in total. The normalized spacial score (nSPS) is 14.5. The molecule has 2 heterocycles. The summed E-state index contributed by atoms with van der Waals surface area (Å²) in [5, 5.41) is 20.4. The molecule has 3 aromatic rings. The molecule has 1 atom stereocenters. The summed E-state index contributed by atoms with van der Waals surface area (Å²) in [6, 6.07) is 12.0. The Hall–Kier alpha value is -2.63. The van der Waals surface area contributed by atoms with Crippen molar-refractivity contribution in [3.8, 4) is 11.5 Å². The Kier molecular flexibility index (Phi) is 7.98. The van der Waals surface area contributed by atoms with E-state index in [-0.39, 0.29) is 11.7 Å². The maximum atomic E-state index is 12.3. The second-order valence-corrected chi connectivity index (χ2v) is 9.96. The minimum Gasteiger partial charge on any atom is -0.508 e. The maximum absolute atomic E-state index is 12.3. The third kappa shape index (κ3) is 6.04. The zero-order valence-electron chi connectivity index (χ0n) is 17.5. The van der Waals surface area contributed by atoms with Gasteiger partial charge in [-0.1, -0.05) is 29.8 Å². The lowest BCUT2D eigenvalue weighted by molar-refractivity contribution is -0.147. The first-order chi connectivity index (χ1) is 15.6. The lowest BCUT2D eigenvalue weighted by Crippen LogP contribution is -2.38. The summed E-state index contributed by atoms with van der Waals surface area (Å²) in [6.45, 7) is 1.59. The van der Waals surface area contributed by atoms with Crippen LogP contribution in [-0.4, -0.2) is 47.7 Å². The average molecular weight is 512 g/mol. The molecule has 33 heavy (non-hydrogen) atoms. The first kappa shape index (κ1) is 25.0. The highest BCUT2D eigenvalue weighted by Gasteiger charge is 2.32. The highest BCUT2D eigenvalue weighted by molar-refractivity contribution is 7.86. The Labute approximate surface area is 200 Å². The number of aromatic hydroxyl groups is 2. The highest BCUT2D eigenvalue weighted by Crippen LogP contribution is 2.34. The molecule has 0 amide bonds. The minimum absolute atomic E-state index is 0.262. The van der Waals surface area contributed by atoms with Gasteiger partial charge in [-0.15, -0.1) is 11.3 Å². The molecule has 1 aromatic heterocycles. The van der Waals surface area contributed by atoms with Crippen LogP contribution in [0.25, 0.3) is 0 Å². The first-order valence-corrected chi connectivity index (χ1v) is 12.4. The number of nitrogens with zero attached hydrogens (tertiary/aromatic N) is 1. The van der Waals surface area contributed by atoms with E-state index in [1.807, 2.05) is 24.3 Å². The molecule has 1 aliphatic heterocycles. The molecule has 176 valence electrons. The van der Waals surface area contributed by atoms with Gasteiger partial charge in [-0.2, -0.15) is 8.42 Å². The van der Waals surface area contributed by atoms with Crippen LogP contribution in [0.2, 0.25) is 5.02 Å². The van der Waals surface area contributed by atoms with E-state index < -0.39 is 26.8 Å². The van der Waals surface area contributed by atoms with Crippen LogP contribution in [0.5, 0.6) is 11.5 Å². The number of hydrogen-bond acceptors (Lipinski definition) is 8. The summed E-state index contributed by atoms with van der Waals surface area (Å²) >= 11 is 8.07. The third-order valence-electron chi connectivity index (χ3n) is 5.05. The number of thiophene rings is 1. The second-order valence-electron chi connectivity index (χ2n) is 7.16. The van der Waals surface area contributed by atoms with Gasteiger partial charge in [-0.25, -0.2) is 4.79 Å². The molecule has 0 aliphatic carbocycles. The molecule has 2 aromatic carbocycles. The molecular weight excluding hydrogens is 490 g/mol. The van der Waals surface area contributed by atoms with Crippen molar-refractivity contribution in [2.45, 2.75) is 23.9 Å². The van der Waals surface area contributed by atoms with Crippen molar-refractivity contribution in [2.75, 3.05) is 13.7 Å². The van der Waals surface area contributed by atoms with E-state index >= 15 is 0 Å². The topological polar surface area (TPSA) is 124 Å². The fourth-order valence-corrected chi connectivity index (χ4v) is 5.21. The highest BCUT2D eigenvalue weighted by atomic mass is 35.5. The molecule has 1 aliphatic rings. The van der Waals surface area contributed by atoms with E-state index in [1.54, 1.807) is 11.3 Å². The van der Waals surface area contributed by atoms with E-state index in [2.05, 4.69) is 16.3 Å². The molecule has 4 rings (SSSR count). The summed E-state index contributed by atoms with van der Waals surface area (Å²) in [7, 11) is -3.04. The van der Waals surface area contributed by atoms with Gasteiger partial charge in [-0.05, 0) is 47.2 Å². The van der Waals surface area contributed by atoms with Crippen molar-refractivity contribution in [1.29, 1.82) is 0 Å². The fourth-order valence-electron chi connectivity index (χ4n) is 3.48. The number of methoxy groups -OCH3 is 1. The van der Waals surface area contributed by atoms with Gasteiger partial charge in [-0.3, -0.25) is 9.45 Å². The molecule has 11 heteroatoms. The number of phenolic OH excluding ortho intramolecular Hbond substituents is 2. The minimum atomic E-state index is -4.47. The number of carbonyl (C=O) groups excluding carboxylic acids is 1. The standard InChI is InChI=1S/C16H16ClNO2S.C6H6O5S/c1-20-16(19)15(12-4-2-3-5-13(12)17)18-8-6-14-11(10-18)7-9-21-14;7-4-1-2-5(8)6(3-4)12(9,10)11/h2-5,7,9,15H,6,8,10H2,1H3;1-3,7-8H,(H,9,10,11)/t15-;/m0./s1. The molecule has 0 unspecified atom stereocenters. The summed E-state index contributed by atoms with van der Waals surface area (Å²) in [5.74, 6) is -1.21. The van der Waals surface area contributed by atoms with Crippen LogP contribution in [0.1, 0.15) is 22.0 Å². The first-order valence-electron chi connectivity index (χ1n) is 9.73. The van der Waals surface area contributed by atoms with Gasteiger partial charge in [0.05, 0.1) is 7.11 Å². The number of phenols is 2. The van der Waals surface area contributed by atoms with Crippen LogP contribution < -0.4 is 0 Å². The van der Waals surface area contributed by atoms with E-state index in [0.29, 0.717) is 5.02 Å². The van der Waals surface area contributed by atoms with Gasteiger partial charge < -0.3 is 14.9 Å². The van der Waals surface area contributed by atoms with Crippen LogP contribution in [0.4, 0.5) is 0 Å². The second kappa shape index (κ2) is 10.5. The van der Waals surface area contributed by atoms with Gasteiger partial charge in [0.15, 0.2) is 0 Å². The Morgan fingerprint density at radius 1 is 1.18 bits per heavy atom. The van der Waals surface area contributed by atoms with E-state index in [1.165, 1.54) is 17.6 Å². The zero-order chi connectivity index (χ0) is 24.2. The smallest absolute Gasteiger partial charge is 0.327 e. The van der Waals surface area contributed by atoms with Gasteiger partial charge in [0, 0.05) is 29.1 Å². The number of fused-ring (bicyclic) bond motifs is 1. The predicted molar refractivity (Wildman–Crippen MR) is 124 cm³/mol. The van der Waals surface area contributed by atoms with E-state index in [0.717, 1.165) is 43.3 Å². The monoisotopic (exact) mass is 511 g/mol. The lowest BCUT2D eigenvalue weighted by atomic mass is 10.0. The molecule has 0 bridgehead atoms. The average Bonchev–Trinajstić information content (AvgIpc) is 3.24. The van der Waals surface area contributed by atoms with Crippen LogP contribution in [-0.2, 0) is 32.6 Å². The van der Waals surface area contributed by atoms with Crippen LogP contribution in [0, 0.1) is 0 Å². The number of rotatable bonds is 4. The molecular formula is C22H22ClNO7S2. The van der Waals surface area contributed by atoms with Gasteiger partial charge in [0.2, 0.25) is 0 Å². The number of halogens is 1. The third-order valence-corrected chi connectivity index (χ3v) is 7.30. The van der Waals surface area contributed by atoms with E-state index in [9.17, 15) is 13.2 Å². The van der Waals surface area contributed by atoms with Crippen molar-refractivity contribution in [2.24, 2.45) is 0 Å². The fraction of sp³-hybridized carbons (Fsp3) is 0.227. The summed E-state index contributed by atoms with van der Waals surface area (Å²) in [4.78, 5) is 15.1. The maximum Gasteiger partial charge on any atom is 0.327 e. The molecule has 0 saturated heterocycles. The number of carbonyl (C=O) groups is 1. The zero-order valence-corrected chi connectivity index (χ0v) is 19.9. The molecule has 0 fully saturated rings. The summed E-state index contributed by atoms with van der Waals surface area (Å²) in [6.07, 6.45) is 0.963. The molecule has 0 radical (unpaired) electrons. The van der Waals surface area contributed by atoms with Crippen molar-refractivity contribution < 1.29 is 32.7 Å². The van der Waals surface area contributed by atoms with Gasteiger partial charge in [0.1, 0.15) is 22.4 Å². The lowest BCUT2D eigenvalue weighted by Gasteiger charge is -2.33. The van der Waals surface area contributed by atoms with Crippen LogP contribution >= 0.6 is 22.9 Å². The Bertz CT molecular complexity index is 1240. The van der Waals surface area contributed by atoms with Gasteiger partial charge >= 0.3 is 5.97 Å². The van der Waals surface area contributed by atoms with Crippen LogP contribution in [0.15, 0.2) is 58.8 Å². The summed E-state index contributed by atoms with van der Waals surface area (Å²) in [5.41, 5.74) is 2.11. The van der Waals surface area contributed by atoms with Crippen molar-refractivity contribution in [3.63, 3.8) is 0 Å². The van der Waals surface area contributed by atoms with Crippen LogP contribution in [0.3, 0.4) is 0 Å². The number of ether oxygens (including phenoxy) is 1. The Morgan fingerprint density at radius 2 is 1.91 bits per heavy atom. The molecule has 0 saturated carbocycles. The quantitative estimate of drug-likeness (QED) is 0.272. The Balaban J connectivity index is 0.000000218. The SMILES string of the molecule is COC(=O)[C@H](c1ccccc1Cl)N1CCc2sccc2C1.O=S(=O)(O)c1cc(O)ccc1O. The largest absolute Gasteiger partial charge is 0.508 e. The molecule has 0 spiro atoms.